The lowest BCUT2D eigenvalue weighted by Gasteiger charge is -2.41. The number of nitrogens with zero attached hydrogens (tertiary/aromatic N) is 3. The van der Waals surface area contributed by atoms with Gasteiger partial charge in [0.2, 0.25) is 0 Å². The minimum atomic E-state index is -5.56. The lowest BCUT2D eigenvalue weighted by molar-refractivity contribution is -0.231. The molecule has 1 aliphatic rings. The second-order valence-corrected chi connectivity index (χ2v) is 10.2. The summed E-state index contributed by atoms with van der Waals surface area (Å²) in [6.07, 6.45) is -14.5. The minimum absolute atomic E-state index is 0.0124. The van der Waals surface area contributed by atoms with E-state index < -0.39 is 84.9 Å². The van der Waals surface area contributed by atoms with Crippen molar-refractivity contribution in [1.82, 2.24) is 19.4 Å². The Balaban J connectivity index is 1.77. The summed E-state index contributed by atoms with van der Waals surface area (Å²) in [5.41, 5.74) is -6.55. The molecule has 1 aliphatic heterocycles. The molecule has 0 bridgehead atoms. The number of benzene rings is 2. The smallest absolute Gasteiger partial charge is 0.349 e. The zero-order valence-electron chi connectivity index (χ0n) is 23.6. The Kier molecular flexibility index (Phi) is 7.39. The van der Waals surface area contributed by atoms with Crippen molar-refractivity contribution >= 4 is 7.75 Å². The van der Waals surface area contributed by atoms with E-state index in [-0.39, 0.29) is 35.5 Å². The molecular formula is C23H22F7N4O6P. The number of aromatic nitrogens is 3. The summed E-state index contributed by atoms with van der Waals surface area (Å²) >= 11 is 0. The predicted octanol–water partition coefficient (Wildman–Crippen LogP) is 4.37. The topological polar surface area (TPSA) is 130 Å². The fourth-order valence-electron chi connectivity index (χ4n) is 4.05. The average Bonchev–Trinajstić information content (AvgIpc) is 3.23. The van der Waals surface area contributed by atoms with Gasteiger partial charge in [-0.15, -0.1) is 9.55 Å². The standard InChI is InChI=1S/C23H22F7N4O6P/c1-12(14-8-15(22(25,26)27)10-16(9-14)23(28,29)30)40-20-19(13-2-4-17(24)5-3-13)33(6-7-39-20)11-18-31-21(35)34(32-18)41(36,37)38/h2-5,8-10,12,19-20H,6-7,11H2,1H3,(H,31,32,35)(H2,36,37,38)/t12-,19+,20-/m1/s1/i8D,9D,10D. The Morgan fingerprint density at radius 2 is 1.73 bits per heavy atom. The zero-order valence-corrected chi connectivity index (χ0v) is 21.5. The van der Waals surface area contributed by atoms with E-state index >= 15 is 0 Å². The molecule has 0 saturated carbocycles. The molecule has 1 fully saturated rings. The monoisotopic (exact) mass is 617 g/mol. The Morgan fingerprint density at radius 3 is 2.24 bits per heavy atom. The van der Waals surface area contributed by atoms with Crippen molar-refractivity contribution in [3.63, 3.8) is 0 Å². The molecule has 2 heterocycles. The van der Waals surface area contributed by atoms with Gasteiger partial charge < -0.3 is 19.3 Å². The minimum Gasteiger partial charge on any atom is -0.349 e. The number of ether oxygens (including phenoxy) is 2. The van der Waals surface area contributed by atoms with Gasteiger partial charge in [-0.2, -0.15) is 26.3 Å². The maximum atomic E-state index is 13.7. The molecule has 0 radical (unpaired) electrons. The van der Waals surface area contributed by atoms with E-state index in [0.29, 0.717) is 0 Å². The third kappa shape index (κ3) is 7.23. The first-order valence-electron chi connectivity index (χ1n) is 13.0. The van der Waals surface area contributed by atoms with Crippen LogP contribution in [0.5, 0.6) is 0 Å². The van der Waals surface area contributed by atoms with Gasteiger partial charge in [-0.3, -0.25) is 9.88 Å². The summed E-state index contributed by atoms with van der Waals surface area (Å²) < 4.78 is 143. The van der Waals surface area contributed by atoms with Gasteiger partial charge in [-0.25, -0.2) is 13.8 Å². The molecule has 1 aromatic heterocycles. The summed E-state index contributed by atoms with van der Waals surface area (Å²) in [5.74, 6) is -0.920. The van der Waals surface area contributed by atoms with Crippen molar-refractivity contribution in [2.24, 2.45) is 0 Å². The average molecular weight is 617 g/mol. The normalized spacial score (nSPS) is 20.9. The van der Waals surface area contributed by atoms with Gasteiger partial charge in [-0.05, 0) is 48.3 Å². The van der Waals surface area contributed by atoms with Crippen LogP contribution in [0.3, 0.4) is 0 Å². The molecule has 0 amide bonds. The number of hydrogen-bond acceptors (Lipinski definition) is 6. The van der Waals surface area contributed by atoms with E-state index in [1.165, 1.54) is 17.0 Å². The van der Waals surface area contributed by atoms with Crippen LogP contribution in [-0.2, 0) is 32.9 Å². The predicted molar refractivity (Wildman–Crippen MR) is 126 cm³/mol. The Labute approximate surface area is 230 Å². The largest absolute Gasteiger partial charge is 0.454 e. The quantitative estimate of drug-likeness (QED) is 0.264. The van der Waals surface area contributed by atoms with E-state index in [0.717, 1.165) is 19.1 Å². The second-order valence-electron chi connectivity index (χ2n) is 8.80. The van der Waals surface area contributed by atoms with Crippen LogP contribution >= 0.6 is 7.75 Å². The highest BCUT2D eigenvalue weighted by Gasteiger charge is 2.39. The van der Waals surface area contributed by atoms with E-state index in [2.05, 4.69) is 10.1 Å². The van der Waals surface area contributed by atoms with Crippen LogP contribution in [-0.4, -0.2) is 48.7 Å². The van der Waals surface area contributed by atoms with Crippen LogP contribution in [0, 0.1) is 5.82 Å². The van der Waals surface area contributed by atoms with Crippen molar-refractivity contribution in [2.45, 2.75) is 44.3 Å². The molecule has 41 heavy (non-hydrogen) atoms. The van der Waals surface area contributed by atoms with Crippen molar-refractivity contribution in [1.29, 1.82) is 0 Å². The van der Waals surface area contributed by atoms with Crippen molar-refractivity contribution < 1.29 is 58.7 Å². The summed E-state index contributed by atoms with van der Waals surface area (Å²) in [7, 11) is -5.13. The molecular weight excluding hydrogens is 592 g/mol. The highest BCUT2D eigenvalue weighted by Crippen LogP contribution is 2.40. The van der Waals surface area contributed by atoms with Gasteiger partial charge in [0, 0.05) is 6.54 Å². The molecule has 3 N–H and O–H groups in total. The third-order valence-corrected chi connectivity index (χ3v) is 6.62. The maximum Gasteiger partial charge on any atom is 0.454 e. The van der Waals surface area contributed by atoms with Crippen molar-refractivity contribution in [2.75, 3.05) is 13.2 Å². The number of morpholine rings is 1. The molecule has 2 aromatic carbocycles. The molecule has 1 saturated heterocycles. The zero-order chi connectivity index (χ0) is 32.9. The van der Waals surface area contributed by atoms with Crippen LogP contribution in [0.25, 0.3) is 0 Å². The molecule has 10 nitrogen and oxygen atoms in total. The second kappa shape index (κ2) is 11.3. The first-order valence-corrected chi connectivity index (χ1v) is 13.1. The molecule has 0 aliphatic carbocycles. The lowest BCUT2D eigenvalue weighted by atomic mass is 10.0. The number of halogens is 7. The molecule has 18 heteroatoms. The van der Waals surface area contributed by atoms with Crippen LogP contribution in [0.1, 0.15) is 51.3 Å². The van der Waals surface area contributed by atoms with Crippen LogP contribution in [0.2, 0.25) is 0 Å². The fraction of sp³-hybridized carbons (Fsp3) is 0.391. The number of rotatable bonds is 7. The number of aromatic amines is 1. The third-order valence-electron chi connectivity index (χ3n) is 5.85. The Bertz CT molecular complexity index is 1600. The fourth-order valence-corrected chi connectivity index (χ4v) is 4.56. The molecule has 0 spiro atoms. The van der Waals surface area contributed by atoms with E-state index in [4.69, 9.17) is 13.6 Å². The van der Waals surface area contributed by atoms with E-state index in [9.17, 15) is 49.9 Å². The van der Waals surface area contributed by atoms with Crippen molar-refractivity contribution in [3.05, 3.63) is 86.8 Å². The Morgan fingerprint density at radius 1 is 1.15 bits per heavy atom. The first-order chi connectivity index (χ1) is 20.2. The van der Waals surface area contributed by atoms with Gasteiger partial charge in [0.1, 0.15) is 11.6 Å². The molecule has 0 unspecified atom stereocenters. The number of hydrogen-bond donors (Lipinski definition) is 3. The van der Waals surface area contributed by atoms with Gasteiger partial charge in [0.25, 0.3) is 0 Å². The van der Waals surface area contributed by atoms with Crippen LogP contribution in [0.4, 0.5) is 30.7 Å². The molecule has 3 aromatic rings. The van der Waals surface area contributed by atoms with Gasteiger partial charge in [-0.1, -0.05) is 12.1 Å². The lowest BCUT2D eigenvalue weighted by Crippen LogP contribution is -2.46. The number of nitrogens with one attached hydrogen (secondary N) is 1. The van der Waals surface area contributed by atoms with Gasteiger partial charge in [0.15, 0.2) is 6.29 Å². The van der Waals surface area contributed by atoms with Crippen molar-refractivity contribution in [3.8, 4) is 0 Å². The highest BCUT2D eigenvalue weighted by atomic mass is 31.2. The summed E-state index contributed by atoms with van der Waals surface area (Å²) in [6.45, 7) is 0.462. The number of alkyl halides is 6. The highest BCUT2D eigenvalue weighted by molar-refractivity contribution is 7.49. The van der Waals surface area contributed by atoms with Crippen LogP contribution < -0.4 is 5.69 Å². The molecule has 3 atom stereocenters. The van der Waals surface area contributed by atoms with Gasteiger partial charge >= 0.3 is 25.8 Å². The maximum absolute atomic E-state index is 13.7. The summed E-state index contributed by atoms with van der Waals surface area (Å²) in [5, 5.41) is 3.57. The number of H-pyrrole nitrogens is 1. The summed E-state index contributed by atoms with van der Waals surface area (Å²) in [4.78, 5) is 34.3. The molecule has 224 valence electrons. The first kappa shape index (κ1) is 26.8. The SMILES string of the molecule is [2H]c1c([C@@H](C)O[C@H]2OCCN(Cc3nn(P(=O)(O)O)c(=O)[nH]3)[C@H]2c2ccc(F)cc2)c([2H])c(C(F)(F)F)c([2H])c1C(F)(F)F. The Hall–Kier alpha value is -3.08. The van der Waals surface area contributed by atoms with E-state index in [1.54, 1.807) is 0 Å². The van der Waals surface area contributed by atoms with E-state index in [1.807, 2.05) is 0 Å². The molecule has 4 rings (SSSR count). The summed E-state index contributed by atoms with van der Waals surface area (Å²) in [6, 6.07) is -1.75. The van der Waals surface area contributed by atoms with Crippen LogP contribution in [0.15, 0.2) is 47.2 Å². The van der Waals surface area contributed by atoms with Gasteiger partial charge in [0.05, 0.1) is 40.5 Å².